The van der Waals surface area contributed by atoms with Crippen LogP contribution in [0.2, 0.25) is 0 Å². The Kier molecular flexibility index (Phi) is 5.29. The van der Waals surface area contributed by atoms with Crippen LogP contribution in [0.25, 0.3) is 0 Å². The highest BCUT2D eigenvalue weighted by molar-refractivity contribution is 5.93. The molecule has 0 N–H and O–H groups in total. The molecule has 0 radical (unpaired) electrons. The number of carbonyl (C=O) groups is 1. The zero-order valence-electron chi connectivity index (χ0n) is 11.8. The summed E-state index contributed by atoms with van der Waals surface area (Å²) in [5, 5.41) is 0. The van der Waals surface area contributed by atoms with Gasteiger partial charge in [-0.2, -0.15) is 0 Å². The Balaban J connectivity index is 1.97. The van der Waals surface area contributed by atoms with Crippen molar-refractivity contribution in [3.8, 4) is 5.88 Å². The van der Waals surface area contributed by atoms with Crippen LogP contribution in [0.4, 0.5) is 8.78 Å². The fraction of sp³-hybridized carbons (Fsp3) is 0.286. The van der Waals surface area contributed by atoms with Crippen molar-refractivity contribution in [3.05, 3.63) is 48.2 Å². The minimum absolute atomic E-state index is 0.0495. The second-order valence-corrected chi connectivity index (χ2v) is 4.45. The van der Waals surface area contributed by atoms with Crippen molar-refractivity contribution >= 4 is 5.91 Å². The Morgan fingerprint density at radius 2 is 2.09 bits per heavy atom. The predicted octanol–water partition coefficient (Wildman–Crippen LogP) is 1.79. The summed E-state index contributed by atoms with van der Waals surface area (Å²) in [6.07, 6.45) is 3.39. The van der Waals surface area contributed by atoms with E-state index in [0.717, 1.165) is 0 Å². The monoisotopic (exact) mass is 308 g/mol. The lowest BCUT2D eigenvalue weighted by Gasteiger charge is -2.16. The van der Waals surface area contributed by atoms with Crippen molar-refractivity contribution < 1.29 is 18.3 Å². The van der Waals surface area contributed by atoms with Crippen LogP contribution in [-0.2, 0) is 6.54 Å². The molecule has 1 amide bonds. The number of alkyl halides is 2. The molecule has 0 aliphatic carbocycles. The Hall–Kier alpha value is -2.64. The van der Waals surface area contributed by atoms with Crippen LogP contribution in [-0.4, -0.2) is 45.8 Å². The van der Waals surface area contributed by atoms with Crippen molar-refractivity contribution in [1.29, 1.82) is 0 Å². The topological polar surface area (TPSA) is 68.2 Å². The normalized spacial score (nSPS) is 10.5. The minimum atomic E-state index is -2.57. The van der Waals surface area contributed by atoms with Crippen molar-refractivity contribution in [2.24, 2.45) is 0 Å². The summed E-state index contributed by atoms with van der Waals surface area (Å²) in [6, 6.07) is 2.86. The van der Waals surface area contributed by atoms with Crippen LogP contribution in [0.5, 0.6) is 5.88 Å². The number of hydrogen-bond donors (Lipinski definition) is 0. The molecule has 0 fully saturated rings. The molecule has 0 bridgehead atoms. The summed E-state index contributed by atoms with van der Waals surface area (Å²) >= 11 is 0. The van der Waals surface area contributed by atoms with Crippen molar-refractivity contribution in [2.45, 2.75) is 13.0 Å². The van der Waals surface area contributed by atoms with E-state index in [-0.39, 0.29) is 11.8 Å². The zero-order chi connectivity index (χ0) is 15.9. The second kappa shape index (κ2) is 7.39. The number of nitrogens with zero attached hydrogens (tertiary/aromatic N) is 4. The molecule has 0 spiro atoms. The molecule has 2 heterocycles. The van der Waals surface area contributed by atoms with E-state index >= 15 is 0 Å². The quantitative estimate of drug-likeness (QED) is 0.814. The van der Waals surface area contributed by atoms with Gasteiger partial charge in [-0.3, -0.25) is 14.8 Å². The van der Waals surface area contributed by atoms with E-state index in [4.69, 9.17) is 4.74 Å². The van der Waals surface area contributed by atoms with E-state index in [9.17, 15) is 13.6 Å². The standard InChI is InChI=1S/C14H14F2N4O2/c1-20(8-11-7-17-4-5-18-11)14(21)10-2-3-13(19-6-10)22-9-12(15)16/h2-7,12H,8-9H2,1H3. The van der Waals surface area contributed by atoms with Gasteiger partial charge in [-0.15, -0.1) is 0 Å². The number of halogens is 2. The van der Waals surface area contributed by atoms with Gasteiger partial charge in [0.1, 0.15) is 0 Å². The third-order valence-electron chi connectivity index (χ3n) is 2.70. The lowest BCUT2D eigenvalue weighted by atomic mass is 10.2. The Bertz CT molecular complexity index is 608. The van der Waals surface area contributed by atoms with Gasteiger partial charge in [-0.05, 0) is 6.07 Å². The Labute approximate surface area is 125 Å². The molecule has 0 aromatic carbocycles. The highest BCUT2D eigenvalue weighted by Gasteiger charge is 2.13. The van der Waals surface area contributed by atoms with Crippen molar-refractivity contribution in [3.63, 3.8) is 0 Å². The van der Waals surface area contributed by atoms with Gasteiger partial charge < -0.3 is 9.64 Å². The number of rotatable bonds is 6. The Morgan fingerprint density at radius 3 is 2.68 bits per heavy atom. The molecule has 0 aliphatic rings. The number of amides is 1. The van der Waals surface area contributed by atoms with E-state index < -0.39 is 13.0 Å². The van der Waals surface area contributed by atoms with Crippen molar-refractivity contribution in [1.82, 2.24) is 19.9 Å². The van der Waals surface area contributed by atoms with Gasteiger partial charge in [0.15, 0.2) is 6.61 Å². The second-order valence-electron chi connectivity index (χ2n) is 4.45. The van der Waals surface area contributed by atoms with Gasteiger partial charge in [-0.1, -0.05) is 0 Å². The minimum Gasteiger partial charge on any atom is -0.472 e. The highest BCUT2D eigenvalue weighted by Crippen LogP contribution is 2.11. The number of pyridine rings is 1. The van der Waals surface area contributed by atoms with E-state index in [1.807, 2.05) is 0 Å². The van der Waals surface area contributed by atoms with Crippen LogP contribution < -0.4 is 4.74 Å². The lowest BCUT2D eigenvalue weighted by Crippen LogP contribution is -2.26. The molecule has 2 aromatic rings. The molecule has 2 aromatic heterocycles. The molecule has 116 valence electrons. The fourth-order valence-corrected chi connectivity index (χ4v) is 1.69. The first-order valence-electron chi connectivity index (χ1n) is 6.43. The van der Waals surface area contributed by atoms with Gasteiger partial charge in [0.05, 0.1) is 24.0 Å². The van der Waals surface area contributed by atoms with Gasteiger partial charge in [0.2, 0.25) is 5.88 Å². The number of ether oxygens (including phenoxy) is 1. The summed E-state index contributed by atoms with van der Waals surface area (Å²) in [6.45, 7) is -0.427. The molecule has 22 heavy (non-hydrogen) atoms. The SMILES string of the molecule is CN(Cc1cnccn1)C(=O)c1ccc(OCC(F)F)nc1. The Morgan fingerprint density at radius 1 is 1.27 bits per heavy atom. The van der Waals surface area contributed by atoms with Gasteiger partial charge in [0, 0.05) is 31.7 Å². The first-order chi connectivity index (χ1) is 10.6. The maximum Gasteiger partial charge on any atom is 0.272 e. The molecule has 0 aliphatic heterocycles. The zero-order valence-corrected chi connectivity index (χ0v) is 11.8. The molecule has 0 saturated heterocycles. The molecule has 8 heteroatoms. The van der Waals surface area contributed by atoms with Crippen LogP contribution in [0.3, 0.4) is 0 Å². The molecule has 6 nitrogen and oxygen atoms in total. The molecule has 0 unspecified atom stereocenters. The third-order valence-corrected chi connectivity index (χ3v) is 2.70. The van der Waals surface area contributed by atoms with E-state index in [1.54, 1.807) is 25.6 Å². The first kappa shape index (κ1) is 15.7. The average molecular weight is 308 g/mol. The lowest BCUT2D eigenvalue weighted by molar-refractivity contribution is 0.0772. The van der Waals surface area contributed by atoms with Crippen LogP contribution in [0.1, 0.15) is 16.1 Å². The van der Waals surface area contributed by atoms with E-state index in [0.29, 0.717) is 17.8 Å². The predicted molar refractivity (Wildman–Crippen MR) is 73.6 cm³/mol. The highest BCUT2D eigenvalue weighted by atomic mass is 19.3. The van der Waals surface area contributed by atoms with Gasteiger partial charge >= 0.3 is 0 Å². The van der Waals surface area contributed by atoms with Crippen LogP contribution in [0, 0.1) is 0 Å². The molecule has 0 saturated carbocycles. The number of hydrogen-bond acceptors (Lipinski definition) is 5. The van der Waals surface area contributed by atoms with Gasteiger partial charge in [-0.25, -0.2) is 13.8 Å². The summed E-state index contributed by atoms with van der Waals surface area (Å²) in [4.78, 5) is 25.5. The fourth-order valence-electron chi connectivity index (χ4n) is 1.69. The number of aromatic nitrogens is 3. The average Bonchev–Trinajstić information content (AvgIpc) is 2.53. The summed E-state index contributed by atoms with van der Waals surface area (Å²) in [5.74, 6) is -0.216. The van der Waals surface area contributed by atoms with E-state index in [2.05, 4.69) is 15.0 Å². The molecular formula is C14H14F2N4O2. The summed E-state index contributed by atoms with van der Waals surface area (Å²) < 4.78 is 28.8. The maximum absolute atomic E-state index is 12.2. The van der Waals surface area contributed by atoms with Crippen molar-refractivity contribution in [2.75, 3.05) is 13.7 Å². The largest absolute Gasteiger partial charge is 0.472 e. The van der Waals surface area contributed by atoms with E-state index in [1.165, 1.54) is 23.2 Å². The molecule has 2 rings (SSSR count). The van der Waals surface area contributed by atoms with Crippen LogP contribution in [0.15, 0.2) is 36.9 Å². The smallest absolute Gasteiger partial charge is 0.272 e. The third kappa shape index (κ3) is 4.44. The summed E-state index contributed by atoms with van der Waals surface area (Å²) in [7, 11) is 1.62. The molecule has 0 atom stereocenters. The van der Waals surface area contributed by atoms with Crippen LogP contribution >= 0.6 is 0 Å². The maximum atomic E-state index is 12.2. The molecular weight excluding hydrogens is 294 g/mol. The van der Waals surface area contributed by atoms with Gasteiger partial charge in [0.25, 0.3) is 12.3 Å². The summed E-state index contributed by atoms with van der Waals surface area (Å²) in [5.41, 5.74) is 0.985. The first-order valence-corrected chi connectivity index (χ1v) is 6.43. The number of carbonyl (C=O) groups excluding carboxylic acids is 1.